The molecule has 0 fully saturated rings. The van der Waals surface area contributed by atoms with Gasteiger partial charge in [-0.05, 0) is 37.8 Å². The van der Waals surface area contributed by atoms with E-state index in [1.165, 1.54) is 18.3 Å². The third kappa shape index (κ3) is 1.92. The summed E-state index contributed by atoms with van der Waals surface area (Å²) in [4.78, 5) is 23.1. The van der Waals surface area contributed by atoms with Gasteiger partial charge in [0.15, 0.2) is 5.78 Å². The third-order valence-corrected chi connectivity index (χ3v) is 4.15. The Morgan fingerprint density at radius 2 is 2.17 bits per heavy atom. The lowest BCUT2D eigenvalue weighted by molar-refractivity contribution is -0.570. The molecule has 2 rings (SSSR count). The Balaban J connectivity index is 2.53. The van der Waals surface area contributed by atoms with Gasteiger partial charge in [-0.3, -0.25) is 14.9 Å². The summed E-state index contributed by atoms with van der Waals surface area (Å²) in [5, 5.41) is 12.9. The number of hydrogen-bond acceptors (Lipinski definition) is 5. The molecule has 2 heterocycles. The number of ether oxygens (including phenoxy) is 1. The average Bonchev–Trinajstić information content (AvgIpc) is 2.81. The van der Waals surface area contributed by atoms with Gasteiger partial charge >= 0.3 is 6.23 Å². The van der Waals surface area contributed by atoms with Gasteiger partial charge in [0, 0.05) is 4.88 Å². The standard InChI is InChI=1S/C12H13NO4S/c1-6-4-5-18-11(6)10-9(7(2)14)8(3)17-12(10)13(15)16/h4-5,10,12H,1-3H3. The highest BCUT2D eigenvalue weighted by molar-refractivity contribution is 7.10. The van der Waals surface area contributed by atoms with Gasteiger partial charge in [-0.25, -0.2) is 0 Å². The molecular weight excluding hydrogens is 254 g/mol. The van der Waals surface area contributed by atoms with Crippen LogP contribution in [0.1, 0.15) is 30.2 Å². The van der Waals surface area contributed by atoms with Crippen molar-refractivity contribution in [3.8, 4) is 0 Å². The van der Waals surface area contributed by atoms with Crippen molar-refractivity contribution >= 4 is 17.1 Å². The average molecular weight is 267 g/mol. The van der Waals surface area contributed by atoms with Crippen molar-refractivity contribution in [1.29, 1.82) is 0 Å². The van der Waals surface area contributed by atoms with E-state index in [-0.39, 0.29) is 5.78 Å². The van der Waals surface area contributed by atoms with Crippen molar-refractivity contribution < 1.29 is 14.5 Å². The zero-order valence-corrected chi connectivity index (χ0v) is 11.1. The smallest absolute Gasteiger partial charge is 0.365 e. The first kappa shape index (κ1) is 12.8. The maximum absolute atomic E-state index is 11.7. The second-order valence-corrected chi connectivity index (χ2v) is 5.21. The van der Waals surface area contributed by atoms with Gasteiger partial charge in [0.2, 0.25) is 0 Å². The molecular formula is C12H13NO4S. The van der Waals surface area contributed by atoms with E-state index in [1.807, 2.05) is 18.4 Å². The number of ketones is 1. The monoisotopic (exact) mass is 267 g/mol. The predicted molar refractivity (Wildman–Crippen MR) is 67.0 cm³/mol. The maximum atomic E-state index is 11.7. The molecule has 1 aromatic heterocycles. The Kier molecular flexibility index (Phi) is 3.21. The van der Waals surface area contributed by atoms with Crippen LogP contribution in [0.15, 0.2) is 22.8 Å². The molecule has 0 bridgehead atoms. The normalized spacial score (nSPS) is 23.1. The van der Waals surface area contributed by atoms with Crippen LogP contribution in [0.5, 0.6) is 0 Å². The van der Waals surface area contributed by atoms with Crippen molar-refractivity contribution in [2.45, 2.75) is 32.9 Å². The summed E-state index contributed by atoms with van der Waals surface area (Å²) >= 11 is 1.42. The fourth-order valence-electron chi connectivity index (χ4n) is 2.27. The van der Waals surface area contributed by atoms with Gasteiger partial charge in [0.05, 0.1) is 10.5 Å². The lowest BCUT2D eigenvalue weighted by atomic mass is 9.92. The minimum absolute atomic E-state index is 0.172. The van der Waals surface area contributed by atoms with Crippen molar-refractivity contribution in [3.05, 3.63) is 43.3 Å². The highest BCUT2D eigenvalue weighted by Crippen LogP contribution is 2.42. The minimum Gasteiger partial charge on any atom is -0.434 e. The molecule has 1 aromatic rings. The molecule has 2 unspecified atom stereocenters. The summed E-state index contributed by atoms with van der Waals surface area (Å²) in [6.07, 6.45) is -1.19. The van der Waals surface area contributed by atoms with Crippen molar-refractivity contribution in [2.24, 2.45) is 0 Å². The summed E-state index contributed by atoms with van der Waals surface area (Å²) in [5.41, 5.74) is 1.37. The molecule has 18 heavy (non-hydrogen) atoms. The number of aryl methyl sites for hydroxylation is 1. The Labute approximate surface area is 108 Å². The van der Waals surface area contributed by atoms with Crippen LogP contribution in [0, 0.1) is 17.0 Å². The second kappa shape index (κ2) is 4.53. The number of nitro groups is 1. The topological polar surface area (TPSA) is 69.4 Å². The van der Waals surface area contributed by atoms with Crippen LogP contribution in [0.25, 0.3) is 0 Å². The molecule has 2 atom stereocenters. The van der Waals surface area contributed by atoms with Gasteiger partial charge in [-0.2, -0.15) is 0 Å². The Bertz CT molecular complexity index is 546. The van der Waals surface area contributed by atoms with Crippen LogP contribution in [-0.2, 0) is 9.53 Å². The Hall–Kier alpha value is -1.69. The number of nitrogens with zero attached hydrogens (tertiary/aromatic N) is 1. The van der Waals surface area contributed by atoms with Crippen LogP contribution in [0.4, 0.5) is 0 Å². The number of hydrogen-bond donors (Lipinski definition) is 0. The van der Waals surface area contributed by atoms with E-state index in [4.69, 9.17) is 4.74 Å². The zero-order chi connectivity index (χ0) is 13.4. The molecule has 1 aliphatic rings. The molecule has 0 spiro atoms. The SMILES string of the molecule is CC(=O)C1=C(C)OC([N+](=O)[O-])C1c1sccc1C. The molecule has 5 nitrogen and oxygen atoms in total. The largest absolute Gasteiger partial charge is 0.434 e. The number of carbonyl (C=O) groups is 1. The predicted octanol–water partition coefficient (Wildman–Crippen LogP) is 2.64. The van der Waals surface area contributed by atoms with Crippen LogP contribution in [0.2, 0.25) is 0 Å². The number of allylic oxidation sites excluding steroid dienone is 1. The lowest BCUT2D eigenvalue weighted by Gasteiger charge is -2.13. The number of thiophene rings is 1. The Morgan fingerprint density at radius 3 is 2.61 bits per heavy atom. The van der Waals surface area contributed by atoms with E-state index in [0.717, 1.165) is 10.4 Å². The molecule has 0 radical (unpaired) electrons. The van der Waals surface area contributed by atoms with E-state index in [0.29, 0.717) is 11.3 Å². The molecule has 0 amide bonds. The molecule has 96 valence electrons. The van der Waals surface area contributed by atoms with Gasteiger partial charge in [0.1, 0.15) is 11.7 Å². The van der Waals surface area contributed by atoms with Gasteiger partial charge in [-0.15, -0.1) is 11.3 Å². The minimum atomic E-state index is -1.19. The molecule has 0 saturated carbocycles. The molecule has 1 aliphatic heterocycles. The second-order valence-electron chi connectivity index (χ2n) is 4.27. The number of carbonyl (C=O) groups excluding carboxylic acids is 1. The first-order chi connectivity index (χ1) is 8.43. The van der Waals surface area contributed by atoms with Gasteiger partial charge in [0.25, 0.3) is 0 Å². The van der Waals surface area contributed by atoms with Crippen LogP contribution in [-0.4, -0.2) is 16.9 Å². The van der Waals surface area contributed by atoms with Crippen LogP contribution >= 0.6 is 11.3 Å². The fraction of sp³-hybridized carbons (Fsp3) is 0.417. The van der Waals surface area contributed by atoms with E-state index >= 15 is 0 Å². The van der Waals surface area contributed by atoms with Gasteiger partial charge < -0.3 is 4.74 Å². The highest BCUT2D eigenvalue weighted by Gasteiger charge is 2.47. The first-order valence-electron chi connectivity index (χ1n) is 5.49. The molecule has 0 N–H and O–H groups in total. The molecule has 0 aliphatic carbocycles. The fourth-order valence-corrected chi connectivity index (χ4v) is 3.32. The van der Waals surface area contributed by atoms with Crippen molar-refractivity contribution in [2.75, 3.05) is 0 Å². The highest BCUT2D eigenvalue weighted by atomic mass is 32.1. The first-order valence-corrected chi connectivity index (χ1v) is 6.37. The van der Waals surface area contributed by atoms with Crippen LogP contribution < -0.4 is 0 Å². The lowest BCUT2D eigenvalue weighted by Crippen LogP contribution is -2.27. The third-order valence-electron chi connectivity index (χ3n) is 3.04. The van der Waals surface area contributed by atoms with E-state index in [9.17, 15) is 14.9 Å². The Morgan fingerprint density at radius 1 is 1.50 bits per heavy atom. The zero-order valence-electron chi connectivity index (χ0n) is 10.3. The van der Waals surface area contributed by atoms with E-state index in [1.54, 1.807) is 6.92 Å². The van der Waals surface area contributed by atoms with Crippen molar-refractivity contribution in [1.82, 2.24) is 0 Å². The summed E-state index contributed by atoms with van der Waals surface area (Å²) in [5.74, 6) is -0.394. The summed E-state index contributed by atoms with van der Waals surface area (Å²) in [6.45, 7) is 4.91. The summed E-state index contributed by atoms with van der Waals surface area (Å²) in [6, 6.07) is 1.89. The van der Waals surface area contributed by atoms with E-state index < -0.39 is 17.1 Å². The number of Topliss-reactive ketones (excluding diaryl/α,β-unsaturated/α-hetero) is 1. The molecule has 0 saturated heterocycles. The maximum Gasteiger partial charge on any atom is 0.365 e. The summed E-state index contributed by atoms with van der Waals surface area (Å²) in [7, 11) is 0. The van der Waals surface area contributed by atoms with Crippen LogP contribution in [0.3, 0.4) is 0 Å². The molecule has 6 heteroatoms. The number of rotatable bonds is 3. The van der Waals surface area contributed by atoms with Gasteiger partial charge in [-0.1, -0.05) is 0 Å². The van der Waals surface area contributed by atoms with Crippen molar-refractivity contribution in [3.63, 3.8) is 0 Å². The summed E-state index contributed by atoms with van der Waals surface area (Å²) < 4.78 is 5.25. The van der Waals surface area contributed by atoms with E-state index in [2.05, 4.69) is 0 Å². The molecule has 0 aromatic carbocycles. The quantitative estimate of drug-likeness (QED) is 0.623.